The number of hydrogen-bond donors (Lipinski definition) is 0. The van der Waals surface area contributed by atoms with E-state index in [4.69, 9.17) is 18.9 Å². The van der Waals surface area contributed by atoms with Crippen LogP contribution in [0.3, 0.4) is 0 Å². The van der Waals surface area contributed by atoms with Crippen molar-refractivity contribution in [1.82, 2.24) is 9.55 Å². The first-order valence-corrected chi connectivity index (χ1v) is 15.6. The number of imidazole rings is 1. The summed E-state index contributed by atoms with van der Waals surface area (Å²) in [6.07, 6.45) is -5.16. The van der Waals surface area contributed by atoms with E-state index in [2.05, 4.69) is 4.98 Å². The Kier molecular flexibility index (Phi) is 10.9. The first kappa shape index (κ1) is 36.1. The Hall–Kier alpha value is -3.77. The fraction of sp³-hybridized carbons (Fsp3) is 0.514. The third-order valence-corrected chi connectivity index (χ3v) is 7.41. The van der Waals surface area contributed by atoms with Gasteiger partial charge in [-0.25, -0.2) is 14.2 Å². The van der Waals surface area contributed by atoms with Gasteiger partial charge in [-0.3, -0.25) is 4.79 Å². The van der Waals surface area contributed by atoms with Crippen molar-refractivity contribution in [2.45, 2.75) is 117 Å². The molecule has 47 heavy (non-hydrogen) atoms. The molecule has 256 valence electrons. The van der Waals surface area contributed by atoms with Crippen molar-refractivity contribution in [3.05, 3.63) is 76.9 Å². The van der Waals surface area contributed by atoms with Gasteiger partial charge in [0.05, 0.1) is 29.9 Å². The van der Waals surface area contributed by atoms with E-state index in [0.717, 1.165) is 11.6 Å². The summed E-state index contributed by atoms with van der Waals surface area (Å²) >= 11 is 0. The number of nitrogens with zero attached hydrogens (tertiary/aromatic N) is 2. The Balaban J connectivity index is 1.68. The average molecular weight is 663 g/mol. The number of halogens is 4. The van der Waals surface area contributed by atoms with Crippen LogP contribution in [-0.2, 0) is 43.1 Å². The zero-order valence-electron chi connectivity index (χ0n) is 27.7. The van der Waals surface area contributed by atoms with Gasteiger partial charge in [-0.2, -0.15) is 13.2 Å². The SMILES string of the molecule is CC(C)c1c(C(=O)OCc2ccccc2)nc(-c2ccc(F)c(C(F)(F)F)c2)n1CC[C@@H]1C[C@H](CC(=O)OC(C)(C)C)OC(C)(C)O1. The minimum Gasteiger partial charge on any atom is -0.460 e. The van der Waals surface area contributed by atoms with Crippen LogP contribution in [-0.4, -0.2) is 45.1 Å². The summed E-state index contributed by atoms with van der Waals surface area (Å²) < 4.78 is 80.4. The first-order chi connectivity index (χ1) is 21.8. The van der Waals surface area contributed by atoms with Crippen molar-refractivity contribution >= 4 is 11.9 Å². The fourth-order valence-corrected chi connectivity index (χ4v) is 5.68. The van der Waals surface area contributed by atoms with Gasteiger partial charge in [0, 0.05) is 18.5 Å². The van der Waals surface area contributed by atoms with Crippen molar-refractivity contribution in [3.63, 3.8) is 0 Å². The molecule has 0 radical (unpaired) electrons. The van der Waals surface area contributed by atoms with Crippen molar-refractivity contribution in [1.29, 1.82) is 0 Å². The second-order valence-corrected chi connectivity index (χ2v) is 13.4. The van der Waals surface area contributed by atoms with Gasteiger partial charge in [0.1, 0.15) is 23.8 Å². The van der Waals surface area contributed by atoms with Crippen molar-refractivity contribution in [2.24, 2.45) is 0 Å². The van der Waals surface area contributed by atoms with E-state index >= 15 is 0 Å². The highest BCUT2D eigenvalue weighted by Gasteiger charge is 2.38. The van der Waals surface area contributed by atoms with Crippen LogP contribution < -0.4 is 0 Å². The standard InChI is InChI=1S/C35H42F4N2O6/c1-21(2)30-29(32(43)44-20-22-11-9-8-10-12-22)40-31(23-13-14-27(36)26(17-23)35(37,38)39)41(30)16-15-24-18-25(46-34(6,7)45-24)19-28(42)47-33(3,4)5/h8-14,17,21,24-25H,15-16,18-20H2,1-7H3/t24-,25-/m1/s1. The summed E-state index contributed by atoms with van der Waals surface area (Å²) in [4.78, 5) is 30.5. The molecular formula is C35H42F4N2O6. The molecule has 2 aromatic carbocycles. The van der Waals surface area contributed by atoms with Gasteiger partial charge in [0.25, 0.3) is 0 Å². The molecular weight excluding hydrogens is 620 g/mol. The summed E-state index contributed by atoms with van der Waals surface area (Å²) in [6.45, 7) is 12.6. The predicted octanol–water partition coefficient (Wildman–Crippen LogP) is 8.22. The molecule has 2 heterocycles. The van der Waals surface area contributed by atoms with Crippen LogP contribution in [0.5, 0.6) is 0 Å². The normalized spacial score (nSPS) is 18.3. The van der Waals surface area contributed by atoms with Gasteiger partial charge in [-0.1, -0.05) is 44.2 Å². The zero-order valence-corrected chi connectivity index (χ0v) is 27.7. The Labute approximate surface area is 272 Å². The van der Waals surface area contributed by atoms with Gasteiger partial charge < -0.3 is 23.5 Å². The number of aromatic nitrogens is 2. The Morgan fingerprint density at radius 2 is 1.70 bits per heavy atom. The zero-order chi connectivity index (χ0) is 34.7. The lowest BCUT2D eigenvalue weighted by atomic mass is 10.0. The van der Waals surface area contributed by atoms with Crippen LogP contribution in [0.1, 0.15) is 101 Å². The number of ether oxygens (including phenoxy) is 4. The topological polar surface area (TPSA) is 88.9 Å². The molecule has 0 unspecified atom stereocenters. The van der Waals surface area contributed by atoms with Gasteiger partial charge in [0.15, 0.2) is 11.5 Å². The molecule has 4 rings (SSSR count). The van der Waals surface area contributed by atoms with Gasteiger partial charge >= 0.3 is 18.1 Å². The van der Waals surface area contributed by atoms with Gasteiger partial charge in [-0.15, -0.1) is 0 Å². The van der Waals surface area contributed by atoms with Crippen molar-refractivity contribution < 1.29 is 46.1 Å². The van der Waals surface area contributed by atoms with E-state index in [1.54, 1.807) is 63.5 Å². The lowest BCUT2D eigenvalue weighted by Gasteiger charge is -2.41. The minimum atomic E-state index is -4.94. The van der Waals surface area contributed by atoms with Crippen molar-refractivity contribution in [2.75, 3.05) is 0 Å². The lowest BCUT2D eigenvalue weighted by Crippen LogP contribution is -2.46. The predicted molar refractivity (Wildman–Crippen MR) is 166 cm³/mol. The van der Waals surface area contributed by atoms with Crippen LogP contribution in [0.2, 0.25) is 0 Å². The molecule has 3 aromatic rings. The second-order valence-electron chi connectivity index (χ2n) is 13.4. The third-order valence-electron chi connectivity index (χ3n) is 7.41. The highest BCUT2D eigenvalue weighted by Crippen LogP contribution is 2.37. The molecule has 8 nitrogen and oxygen atoms in total. The van der Waals surface area contributed by atoms with Gasteiger partial charge in [-0.05, 0) is 70.7 Å². The van der Waals surface area contributed by atoms with E-state index in [9.17, 15) is 27.2 Å². The highest BCUT2D eigenvalue weighted by atomic mass is 19.4. The average Bonchev–Trinajstić information content (AvgIpc) is 3.33. The Morgan fingerprint density at radius 1 is 1.04 bits per heavy atom. The molecule has 0 amide bonds. The number of carbonyl (C=O) groups is 2. The molecule has 1 fully saturated rings. The summed E-state index contributed by atoms with van der Waals surface area (Å²) in [6, 6.07) is 11.7. The minimum absolute atomic E-state index is 0.0150. The lowest BCUT2D eigenvalue weighted by molar-refractivity contribution is -0.301. The summed E-state index contributed by atoms with van der Waals surface area (Å²) in [5.74, 6) is -3.84. The van der Waals surface area contributed by atoms with Crippen LogP contribution in [0.4, 0.5) is 17.6 Å². The van der Waals surface area contributed by atoms with Gasteiger partial charge in [0.2, 0.25) is 0 Å². The number of hydrogen-bond acceptors (Lipinski definition) is 7. The molecule has 1 aromatic heterocycles. The Bertz CT molecular complexity index is 1560. The molecule has 0 spiro atoms. The fourth-order valence-electron chi connectivity index (χ4n) is 5.68. The first-order valence-electron chi connectivity index (χ1n) is 15.6. The summed E-state index contributed by atoms with van der Waals surface area (Å²) in [5, 5.41) is 0. The smallest absolute Gasteiger partial charge is 0.419 e. The molecule has 12 heteroatoms. The summed E-state index contributed by atoms with van der Waals surface area (Å²) in [7, 11) is 0. The number of esters is 2. The monoisotopic (exact) mass is 662 g/mol. The number of carbonyl (C=O) groups excluding carboxylic acids is 2. The number of benzene rings is 2. The van der Waals surface area contributed by atoms with Crippen molar-refractivity contribution in [3.8, 4) is 11.4 Å². The molecule has 0 saturated carbocycles. The molecule has 1 aliphatic heterocycles. The molecule has 2 atom stereocenters. The largest absolute Gasteiger partial charge is 0.460 e. The van der Waals surface area contributed by atoms with E-state index in [0.29, 0.717) is 24.6 Å². The molecule has 0 aliphatic carbocycles. The van der Waals surface area contributed by atoms with E-state index < -0.39 is 53.1 Å². The van der Waals surface area contributed by atoms with Crippen LogP contribution >= 0.6 is 0 Å². The molecule has 0 bridgehead atoms. The number of alkyl halides is 3. The van der Waals surface area contributed by atoms with E-state index in [1.807, 2.05) is 19.9 Å². The maximum absolute atomic E-state index is 14.3. The third kappa shape index (κ3) is 9.63. The molecule has 1 saturated heterocycles. The maximum atomic E-state index is 14.3. The quantitative estimate of drug-likeness (QED) is 0.160. The number of rotatable bonds is 10. The summed E-state index contributed by atoms with van der Waals surface area (Å²) in [5.41, 5.74) is -0.955. The molecule has 0 N–H and O–H groups in total. The van der Waals surface area contributed by atoms with Crippen LogP contribution in [0, 0.1) is 5.82 Å². The Morgan fingerprint density at radius 3 is 2.32 bits per heavy atom. The maximum Gasteiger partial charge on any atom is 0.419 e. The van der Waals surface area contributed by atoms with E-state index in [-0.39, 0.29) is 42.6 Å². The highest BCUT2D eigenvalue weighted by molar-refractivity contribution is 5.90. The van der Waals surface area contributed by atoms with E-state index in [1.165, 1.54) is 6.07 Å². The van der Waals surface area contributed by atoms with Crippen LogP contribution in [0.25, 0.3) is 11.4 Å². The second kappa shape index (κ2) is 14.1. The van der Waals surface area contributed by atoms with Crippen LogP contribution in [0.15, 0.2) is 48.5 Å². The molecule has 1 aliphatic rings.